The summed E-state index contributed by atoms with van der Waals surface area (Å²) in [7, 11) is 0. The van der Waals surface area contributed by atoms with Crippen LogP contribution in [0, 0.1) is 0 Å². The van der Waals surface area contributed by atoms with Crippen molar-refractivity contribution in [3.8, 4) is 0 Å². The summed E-state index contributed by atoms with van der Waals surface area (Å²) in [5.41, 5.74) is 6.01. The Morgan fingerprint density at radius 3 is 2.64 bits per heavy atom. The summed E-state index contributed by atoms with van der Waals surface area (Å²) in [5, 5.41) is 5.25. The van der Waals surface area contributed by atoms with Crippen LogP contribution in [0.15, 0.2) is 24.3 Å². The highest BCUT2D eigenvalue weighted by atomic mass is 32.1. The lowest BCUT2D eigenvalue weighted by molar-refractivity contribution is -0.144. The Kier molecular flexibility index (Phi) is 6.97. The Balaban J connectivity index is 2.45. The summed E-state index contributed by atoms with van der Waals surface area (Å²) >= 11 is 4.98. The second kappa shape index (κ2) is 8.73. The monoisotopic (exact) mass is 323 g/mol. The van der Waals surface area contributed by atoms with E-state index in [0.717, 1.165) is 0 Å². The number of ether oxygens (including phenoxy) is 1. The molecule has 22 heavy (non-hydrogen) atoms. The summed E-state index contributed by atoms with van der Waals surface area (Å²) in [6.07, 6.45) is -0.0403. The Bertz CT molecular complexity index is 589. The third-order valence-electron chi connectivity index (χ3n) is 2.52. The largest absolute Gasteiger partial charge is 0.466 e. The first kappa shape index (κ1) is 17.6. The summed E-state index contributed by atoms with van der Waals surface area (Å²) in [6.45, 7) is 1.97. The van der Waals surface area contributed by atoms with Crippen LogP contribution in [0.3, 0.4) is 0 Å². The molecule has 0 aliphatic carbocycles. The van der Waals surface area contributed by atoms with Crippen molar-refractivity contribution in [2.75, 3.05) is 11.9 Å². The van der Waals surface area contributed by atoms with Gasteiger partial charge in [0.05, 0.1) is 13.0 Å². The van der Waals surface area contributed by atoms with Crippen LogP contribution >= 0.6 is 12.2 Å². The van der Waals surface area contributed by atoms with Crippen molar-refractivity contribution in [1.29, 1.82) is 0 Å². The van der Waals surface area contributed by atoms with Crippen LogP contribution in [0.5, 0.6) is 0 Å². The lowest BCUT2D eigenvalue weighted by Crippen LogP contribution is -2.34. The van der Waals surface area contributed by atoms with Crippen molar-refractivity contribution in [2.45, 2.75) is 19.8 Å². The molecule has 0 unspecified atom stereocenters. The Labute approximate surface area is 133 Å². The number of rotatable bonds is 6. The molecule has 0 spiro atoms. The maximum atomic E-state index is 11.6. The molecule has 7 nitrogen and oxygen atoms in total. The number of hydrogen-bond acceptors (Lipinski definition) is 5. The summed E-state index contributed by atoms with van der Waals surface area (Å²) in [4.78, 5) is 33.8. The van der Waals surface area contributed by atoms with Gasteiger partial charge in [0.15, 0.2) is 5.11 Å². The molecule has 8 heteroatoms. The molecule has 4 N–H and O–H groups in total. The van der Waals surface area contributed by atoms with E-state index in [1.807, 2.05) is 0 Å². The highest BCUT2D eigenvalue weighted by Crippen LogP contribution is 2.10. The molecular weight excluding hydrogens is 306 g/mol. The first-order valence-electron chi connectivity index (χ1n) is 6.58. The molecule has 0 heterocycles. The lowest BCUT2D eigenvalue weighted by atomic mass is 10.2. The quantitative estimate of drug-likeness (QED) is 0.531. The zero-order valence-electron chi connectivity index (χ0n) is 12.0. The van der Waals surface area contributed by atoms with E-state index in [2.05, 4.69) is 10.6 Å². The van der Waals surface area contributed by atoms with Gasteiger partial charge in [-0.2, -0.15) is 0 Å². The number of esters is 1. The fourth-order valence-corrected chi connectivity index (χ4v) is 1.78. The van der Waals surface area contributed by atoms with Crippen LogP contribution in [-0.2, 0) is 14.3 Å². The number of benzene rings is 1. The Morgan fingerprint density at radius 1 is 1.27 bits per heavy atom. The van der Waals surface area contributed by atoms with Gasteiger partial charge in [0, 0.05) is 17.7 Å². The van der Waals surface area contributed by atoms with Gasteiger partial charge in [-0.1, -0.05) is 6.07 Å². The third-order valence-corrected chi connectivity index (χ3v) is 2.72. The number of anilines is 1. The van der Waals surface area contributed by atoms with E-state index in [4.69, 9.17) is 22.7 Å². The predicted molar refractivity (Wildman–Crippen MR) is 85.2 cm³/mol. The maximum absolute atomic E-state index is 11.6. The van der Waals surface area contributed by atoms with Gasteiger partial charge in [0.2, 0.25) is 11.8 Å². The molecule has 0 bridgehead atoms. The van der Waals surface area contributed by atoms with E-state index in [1.54, 1.807) is 25.1 Å². The number of amides is 2. The molecule has 0 aliphatic heterocycles. The van der Waals surface area contributed by atoms with Crippen molar-refractivity contribution in [3.05, 3.63) is 29.8 Å². The maximum Gasteiger partial charge on any atom is 0.306 e. The van der Waals surface area contributed by atoms with Gasteiger partial charge in [-0.05, 0) is 37.3 Å². The fourth-order valence-electron chi connectivity index (χ4n) is 1.55. The smallest absolute Gasteiger partial charge is 0.306 e. The minimum Gasteiger partial charge on any atom is -0.466 e. The van der Waals surface area contributed by atoms with Gasteiger partial charge in [-0.15, -0.1) is 0 Å². The Morgan fingerprint density at radius 2 is 2.00 bits per heavy atom. The molecule has 0 aromatic heterocycles. The standard InChI is InChI=1S/C14H17N3O4S/c1-2-21-12(19)7-6-11(18)17-14(22)16-10-5-3-4-9(8-10)13(15)20/h3-5,8H,2,6-7H2,1H3,(H2,15,20)(H2,16,17,18,22). The van der Waals surface area contributed by atoms with Gasteiger partial charge < -0.3 is 21.1 Å². The van der Waals surface area contributed by atoms with Crippen LogP contribution < -0.4 is 16.4 Å². The summed E-state index contributed by atoms with van der Waals surface area (Å²) in [5.74, 6) is -1.41. The molecule has 0 saturated carbocycles. The van der Waals surface area contributed by atoms with E-state index >= 15 is 0 Å². The van der Waals surface area contributed by atoms with Crippen molar-refractivity contribution >= 4 is 40.8 Å². The van der Waals surface area contributed by atoms with Crippen molar-refractivity contribution in [2.24, 2.45) is 5.73 Å². The number of primary amides is 1. The lowest BCUT2D eigenvalue weighted by Gasteiger charge is -2.10. The van der Waals surface area contributed by atoms with E-state index in [0.29, 0.717) is 11.3 Å². The molecule has 1 aromatic rings. The van der Waals surface area contributed by atoms with Gasteiger partial charge in [-0.25, -0.2) is 0 Å². The van der Waals surface area contributed by atoms with Gasteiger partial charge in [0.1, 0.15) is 0 Å². The minimum atomic E-state index is -0.562. The first-order chi connectivity index (χ1) is 10.4. The molecule has 2 amide bonds. The molecule has 118 valence electrons. The average molecular weight is 323 g/mol. The van der Waals surface area contributed by atoms with E-state index in [-0.39, 0.29) is 24.6 Å². The molecule has 1 aromatic carbocycles. The van der Waals surface area contributed by atoms with Crippen LogP contribution in [0.4, 0.5) is 5.69 Å². The summed E-state index contributed by atoms with van der Waals surface area (Å²) < 4.78 is 4.72. The van der Waals surface area contributed by atoms with Gasteiger partial charge in [-0.3, -0.25) is 14.4 Å². The average Bonchev–Trinajstić information content (AvgIpc) is 2.45. The zero-order chi connectivity index (χ0) is 16.5. The number of nitrogens with two attached hydrogens (primary N) is 1. The van der Waals surface area contributed by atoms with Crippen molar-refractivity contribution in [1.82, 2.24) is 5.32 Å². The first-order valence-corrected chi connectivity index (χ1v) is 6.99. The van der Waals surface area contributed by atoms with E-state index in [1.165, 1.54) is 6.07 Å². The highest BCUT2D eigenvalue weighted by Gasteiger charge is 2.09. The Hall–Kier alpha value is -2.48. The molecule has 0 aliphatic rings. The molecule has 1 rings (SSSR count). The number of carbonyl (C=O) groups is 3. The van der Waals surface area contributed by atoms with E-state index < -0.39 is 17.8 Å². The second-order valence-electron chi connectivity index (χ2n) is 4.25. The van der Waals surface area contributed by atoms with Gasteiger partial charge in [0.25, 0.3) is 0 Å². The zero-order valence-corrected chi connectivity index (χ0v) is 12.9. The summed E-state index contributed by atoms with van der Waals surface area (Å²) in [6, 6.07) is 6.38. The van der Waals surface area contributed by atoms with Crippen LogP contribution in [0.25, 0.3) is 0 Å². The fraction of sp³-hybridized carbons (Fsp3) is 0.286. The molecule has 0 saturated heterocycles. The number of carbonyl (C=O) groups excluding carboxylic acids is 3. The molecular formula is C14H17N3O4S. The number of thiocarbonyl (C=S) groups is 1. The predicted octanol–water partition coefficient (Wildman–Crippen LogP) is 0.942. The van der Waals surface area contributed by atoms with Crippen molar-refractivity contribution in [3.63, 3.8) is 0 Å². The van der Waals surface area contributed by atoms with Crippen LogP contribution in [0.1, 0.15) is 30.1 Å². The third kappa shape index (κ3) is 6.31. The van der Waals surface area contributed by atoms with Crippen molar-refractivity contribution < 1.29 is 19.1 Å². The normalized spacial score (nSPS) is 9.68. The minimum absolute atomic E-state index is 0.0144. The molecule has 0 radical (unpaired) electrons. The van der Waals surface area contributed by atoms with E-state index in [9.17, 15) is 14.4 Å². The van der Waals surface area contributed by atoms with Crippen LogP contribution in [0.2, 0.25) is 0 Å². The SMILES string of the molecule is CCOC(=O)CCC(=O)NC(=S)Nc1cccc(C(N)=O)c1. The highest BCUT2D eigenvalue weighted by molar-refractivity contribution is 7.80. The topological polar surface area (TPSA) is 111 Å². The molecule has 0 fully saturated rings. The second-order valence-corrected chi connectivity index (χ2v) is 4.66. The molecule has 0 atom stereocenters. The number of hydrogen-bond donors (Lipinski definition) is 3. The van der Waals surface area contributed by atoms with Crippen LogP contribution in [-0.4, -0.2) is 29.5 Å². The number of nitrogens with one attached hydrogen (secondary N) is 2. The van der Waals surface area contributed by atoms with Gasteiger partial charge >= 0.3 is 5.97 Å².